The zero-order valence-corrected chi connectivity index (χ0v) is 14.0. The minimum Gasteiger partial charge on any atom is -0.347 e. The van der Waals surface area contributed by atoms with Crippen LogP contribution in [-0.2, 0) is 27.5 Å². The molecule has 0 radical (unpaired) electrons. The van der Waals surface area contributed by atoms with Crippen molar-refractivity contribution in [3.63, 3.8) is 0 Å². The van der Waals surface area contributed by atoms with Gasteiger partial charge in [-0.3, -0.25) is 24.5 Å². The van der Waals surface area contributed by atoms with Crippen molar-refractivity contribution in [1.82, 2.24) is 15.5 Å². The van der Waals surface area contributed by atoms with Crippen LogP contribution in [0.1, 0.15) is 41.3 Å². The normalized spacial score (nSPS) is 20.0. The molecule has 0 aliphatic carbocycles. The molecule has 9 heteroatoms. The fourth-order valence-electron chi connectivity index (χ4n) is 3.05. The van der Waals surface area contributed by atoms with E-state index in [-0.39, 0.29) is 37.7 Å². The predicted molar refractivity (Wildman–Crippen MR) is 85.0 cm³/mol. The second-order valence-corrected chi connectivity index (χ2v) is 6.46. The van der Waals surface area contributed by atoms with E-state index in [1.54, 1.807) is 12.1 Å². The molecule has 1 atom stereocenters. The first-order valence-electron chi connectivity index (χ1n) is 8.09. The Hall–Kier alpha value is -2.84. The van der Waals surface area contributed by atoms with E-state index in [9.17, 15) is 28.0 Å². The van der Waals surface area contributed by atoms with Crippen LogP contribution in [0.4, 0.5) is 8.78 Å². The highest BCUT2D eigenvalue weighted by Crippen LogP contribution is 2.28. The number of piperidine rings is 1. The number of hydrogen-bond acceptors (Lipinski definition) is 4. The summed E-state index contributed by atoms with van der Waals surface area (Å²) in [6.45, 7) is 0.605. The van der Waals surface area contributed by atoms with Crippen LogP contribution >= 0.6 is 0 Å². The van der Waals surface area contributed by atoms with Gasteiger partial charge in [0, 0.05) is 32.0 Å². The Morgan fingerprint density at radius 1 is 1.35 bits per heavy atom. The van der Waals surface area contributed by atoms with E-state index in [2.05, 4.69) is 10.6 Å². The number of nitrogens with one attached hydrogen (secondary N) is 2. The highest BCUT2D eigenvalue weighted by Gasteiger charge is 2.39. The number of fused-ring (bicyclic) bond motifs is 1. The van der Waals surface area contributed by atoms with E-state index in [4.69, 9.17) is 0 Å². The number of nitrogens with zero attached hydrogens (tertiary/aromatic N) is 1. The fraction of sp³-hybridized carbons (Fsp3) is 0.412. The third kappa shape index (κ3) is 3.42. The standard InChI is InChI=1S/C17H17F2N3O4/c1-17(18,19)16(26)20-7-9-2-3-10-8-22(15(25)11(10)6-9)12-4-5-13(23)21-14(12)24/h2-3,6,12H,4-5,7-8H2,1H3,(H,20,26)(H,21,23,24). The fourth-order valence-corrected chi connectivity index (χ4v) is 3.05. The Kier molecular flexibility index (Phi) is 4.47. The van der Waals surface area contributed by atoms with Crippen LogP contribution in [0.15, 0.2) is 18.2 Å². The minimum atomic E-state index is -3.48. The lowest BCUT2D eigenvalue weighted by molar-refractivity contribution is -0.143. The van der Waals surface area contributed by atoms with Crippen molar-refractivity contribution >= 4 is 23.6 Å². The van der Waals surface area contributed by atoms with Crippen LogP contribution < -0.4 is 10.6 Å². The number of halogens is 2. The van der Waals surface area contributed by atoms with Gasteiger partial charge in [0.1, 0.15) is 6.04 Å². The highest BCUT2D eigenvalue weighted by atomic mass is 19.3. The van der Waals surface area contributed by atoms with Crippen LogP contribution in [0.25, 0.3) is 0 Å². The van der Waals surface area contributed by atoms with Crippen molar-refractivity contribution in [1.29, 1.82) is 0 Å². The Morgan fingerprint density at radius 3 is 2.73 bits per heavy atom. The second-order valence-electron chi connectivity index (χ2n) is 6.46. The van der Waals surface area contributed by atoms with Crippen molar-refractivity contribution in [3.8, 4) is 0 Å². The summed E-state index contributed by atoms with van der Waals surface area (Å²) in [5.41, 5.74) is 1.57. The van der Waals surface area contributed by atoms with Gasteiger partial charge in [0.2, 0.25) is 11.8 Å². The Bertz CT molecular complexity index is 804. The van der Waals surface area contributed by atoms with E-state index < -0.39 is 23.8 Å². The molecule has 4 amide bonds. The number of amides is 4. The monoisotopic (exact) mass is 365 g/mol. The Balaban J connectivity index is 1.72. The van der Waals surface area contributed by atoms with Gasteiger partial charge in [0.05, 0.1) is 0 Å². The lowest BCUT2D eigenvalue weighted by atomic mass is 10.0. The van der Waals surface area contributed by atoms with Crippen LogP contribution in [-0.4, -0.2) is 40.5 Å². The molecular weight excluding hydrogens is 348 g/mol. The minimum absolute atomic E-state index is 0.138. The van der Waals surface area contributed by atoms with Gasteiger partial charge >= 0.3 is 5.92 Å². The van der Waals surface area contributed by atoms with Gasteiger partial charge in [-0.1, -0.05) is 12.1 Å². The molecule has 26 heavy (non-hydrogen) atoms. The summed E-state index contributed by atoms with van der Waals surface area (Å²) in [6.07, 6.45) is 0.429. The number of benzene rings is 1. The highest BCUT2D eigenvalue weighted by molar-refractivity contribution is 6.05. The molecule has 2 aliphatic heterocycles. The number of carbonyl (C=O) groups excluding carboxylic acids is 4. The first kappa shape index (κ1) is 18.0. The maximum Gasteiger partial charge on any atom is 0.321 e. The number of imide groups is 1. The maximum atomic E-state index is 12.9. The molecule has 1 unspecified atom stereocenters. The molecule has 0 aromatic heterocycles. The molecule has 1 fully saturated rings. The van der Waals surface area contributed by atoms with Crippen LogP contribution in [0, 0.1) is 0 Å². The summed E-state index contributed by atoms with van der Waals surface area (Å²) in [5.74, 6) is -6.09. The van der Waals surface area contributed by atoms with E-state index in [1.165, 1.54) is 11.0 Å². The molecule has 2 heterocycles. The van der Waals surface area contributed by atoms with Crippen LogP contribution in [0.5, 0.6) is 0 Å². The number of carbonyl (C=O) groups is 4. The van der Waals surface area contributed by atoms with Crippen molar-refractivity contribution < 1.29 is 28.0 Å². The van der Waals surface area contributed by atoms with Gasteiger partial charge in [-0.05, 0) is 23.6 Å². The van der Waals surface area contributed by atoms with Gasteiger partial charge in [0.15, 0.2) is 0 Å². The molecule has 2 aliphatic rings. The molecule has 0 spiro atoms. The molecule has 0 bridgehead atoms. The largest absolute Gasteiger partial charge is 0.347 e. The number of alkyl halides is 2. The van der Waals surface area contributed by atoms with Crippen LogP contribution in [0.3, 0.4) is 0 Å². The quantitative estimate of drug-likeness (QED) is 0.769. The van der Waals surface area contributed by atoms with Gasteiger partial charge in [-0.25, -0.2) is 0 Å². The third-order valence-electron chi connectivity index (χ3n) is 4.44. The third-order valence-corrected chi connectivity index (χ3v) is 4.44. The first-order valence-corrected chi connectivity index (χ1v) is 8.09. The SMILES string of the molecule is CC(F)(F)C(=O)NCc1ccc2c(c1)C(=O)N(C1CCC(=O)NC1=O)C2. The number of hydrogen-bond donors (Lipinski definition) is 2. The molecule has 0 saturated carbocycles. The molecule has 1 saturated heterocycles. The molecule has 1 aromatic carbocycles. The lowest BCUT2D eigenvalue weighted by Crippen LogP contribution is -2.52. The van der Waals surface area contributed by atoms with Crippen molar-refractivity contribution in [3.05, 3.63) is 34.9 Å². The molecule has 138 valence electrons. The predicted octanol–water partition coefficient (Wildman–Crippen LogP) is 0.719. The zero-order chi connectivity index (χ0) is 19.1. The lowest BCUT2D eigenvalue weighted by Gasteiger charge is -2.29. The average Bonchev–Trinajstić information content (AvgIpc) is 2.88. The smallest absolute Gasteiger partial charge is 0.321 e. The topological polar surface area (TPSA) is 95.6 Å². The average molecular weight is 365 g/mol. The van der Waals surface area contributed by atoms with E-state index >= 15 is 0 Å². The van der Waals surface area contributed by atoms with Crippen molar-refractivity contribution in [2.75, 3.05) is 0 Å². The number of rotatable bonds is 4. The van der Waals surface area contributed by atoms with Crippen molar-refractivity contribution in [2.45, 2.75) is 44.8 Å². The molecule has 3 rings (SSSR count). The van der Waals surface area contributed by atoms with E-state index in [0.717, 1.165) is 0 Å². The molecular formula is C17H17F2N3O4. The summed E-state index contributed by atoms with van der Waals surface area (Å²) in [6, 6.07) is 4.12. The van der Waals surface area contributed by atoms with Crippen LogP contribution in [0.2, 0.25) is 0 Å². The summed E-state index contributed by atoms with van der Waals surface area (Å²) in [5, 5.41) is 4.34. The van der Waals surface area contributed by atoms with Gasteiger partial charge in [-0.15, -0.1) is 0 Å². The zero-order valence-electron chi connectivity index (χ0n) is 14.0. The Labute approximate surface area is 147 Å². The summed E-state index contributed by atoms with van der Waals surface area (Å²) < 4.78 is 25.8. The molecule has 7 nitrogen and oxygen atoms in total. The van der Waals surface area contributed by atoms with E-state index in [1.807, 2.05) is 0 Å². The molecule has 2 N–H and O–H groups in total. The van der Waals surface area contributed by atoms with Crippen molar-refractivity contribution in [2.24, 2.45) is 0 Å². The summed E-state index contributed by atoms with van der Waals surface area (Å²) in [7, 11) is 0. The summed E-state index contributed by atoms with van der Waals surface area (Å²) >= 11 is 0. The second kappa shape index (κ2) is 6.47. The van der Waals surface area contributed by atoms with Gasteiger partial charge in [-0.2, -0.15) is 8.78 Å². The van der Waals surface area contributed by atoms with Gasteiger partial charge in [0.25, 0.3) is 11.8 Å². The first-order chi connectivity index (χ1) is 12.2. The Morgan fingerprint density at radius 2 is 2.08 bits per heavy atom. The molecule has 1 aromatic rings. The van der Waals surface area contributed by atoms with Gasteiger partial charge < -0.3 is 10.2 Å². The maximum absolute atomic E-state index is 12.9. The van der Waals surface area contributed by atoms with E-state index in [0.29, 0.717) is 23.6 Å². The summed E-state index contributed by atoms with van der Waals surface area (Å²) in [4.78, 5) is 48.5.